The fourth-order valence-electron chi connectivity index (χ4n) is 0.982. The zero-order valence-corrected chi connectivity index (χ0v) is 7.06. The van der Waals surface area contributed by atoms with Crippen molar-refractivity contribution in [1.29, 1.82) is 0 Å². The molecule has 0 radical (unpaired) electrons. The lowest BCUT2D eigenvalue weighted by atomic mass is 10.3. The van der Waals surface area contributed by atoms with Crippen molar-refractivity contribution >= 4 is 5.69 Å². The molecule has 0 bridgehead atoms. The Balaban J connectivity index is 2.52. The molecule has 0 spiro atoms. The van der Waals surface area contributed by atoms with Gasteiger partial charge in [-0.05, 0) is 6.92 Å². The summed E-state index contributed by atoms with van der Waals surface area (Å²) in [5.74, 6) is 0.428. The van der Waals surface area contributed by atoms with Gasteiger partial charge in [0.1, 0.15) is 12.6 Å². The number of oxazole rings is 1. The van der Waals surface area contributed by atoms with Crippen LogP contribution in [-0.4, -0.2) is 15.0 Å². The Morgan fingerprint density at radius 2 is 2.31 bits per heavy atom. The molecule has 0 saturated heterocycles. The van der Waals surface area contributed by atoms with E-state index in [1.54, 1.807) is 6.26 Å². The molecule has 0 unspecified atom stereocenters. The molecule has 0 atom stereocenters. The molecule has 0 aliphatic heterocycles. The molecular weight excluding hydrogens is 168 g/mol. The van der Waals surface area contributed by atoms with Gasteiger partial charge in [-0.25, -0.2) is 15.0 Å². The smallest absolute Gasteiger partial charge is 0.247 e. The minimum absolute atomic E-state index is 0.428. The van der Waals surface area contributed by atoms with Crippen LogP contribution in [0.15, 0.2) is 23.2 Å². The Kier molecular flexibility index (Phi) is 1.70. The Morgan fingerprint density at radius 3 is 2.92 bits per heavy atom. The number of nitrogens with two attached hydrogens (primary N) is 1. The van der Waals surface area contributed by atoms with Gasteiger partial charge in [-0.3, -0.25) is 0 Å². The third-order valence-electron chi connectivity index (χ3n) is 1.56. The van der Waals surface area contributed by atoms with Crippen LogP contribution in [0.5, 0.6) is 0 Å². The van der Waals surface area contributed by atoms with Crippen LogP contribution in [0.4, 0.5) is 5.69 Å². The number of aromatic nitrogens is 3. The van der Waals surface area contributed by atoms with E-state index in [1.807, 2.05) is 6.92 Å². The highest BCUT2D eigenvalue weighted by Crippen LogP contribution is 2.20. The highest BCUT2D eigenvalue weighted by atomic mass is 16.3. The third-order valence-corrected chi connectivity index (χ3v) is 1.56. The van der Waals surface area contributed by atoms with E-state index in [0.717, 1.165) is 5.69 Å². The van der Waals surface area contributed by atoms with Crippen molar-refractivity contribution in [3.8, 4) is 11.6 Å². The normalized spacial score (nSPS) is 10.2. The Bertz CT molecular complexity index is 424. The first kappa shape index (κ1) is 7.72. The van der Waals surface area contributed by atoms with E-state index in [1.165, 1.54) is 12.5 Å². The molecule has 0 amide bonds. The van der Waals surface area contributed by atoms with Crippen LogP contribution in [0, 0.1) is 6.92 Å². The second-order valence-corrected chi connectivity index (χ2v) is 2.62. The monoisotopic (exact) mass is 176 g/mol. The molecular formula is C8H8N4O. The van der Waals surface area contributed by atoms with Crippen LogP contribution in [0.2, 0.25) is 0 Å². The lowest BCUT2D eigenvalue weighted by Crippen LogP contribution is -1.94. The van der Waals surface area contributed by atoms with E-state index in [4.69, 9.17) is 10.2 Å². The number of nitrogens with zero attached hydrogens (tertiary/aromatic N) is 3. The maximum atomic E-state index is 5.64. The van der Waals surface area contributed by atoms with Crippen molar-refractivity contribution < 1.29 is 4.42 Å². The van der Waals surface area contributed by atoms with Gasteiger partial charge < -0.3 is 10.2 Å². The first-order chi connectivity index (χ1) is 6.27. The summed E-state index contributed by atoms with van der Waals surface area (Å²) in [4.78, 5) is 11.8. The minimum Gasteiger partial charge on any atom is -0.443 e. The van der Waals surface area contributed by atoms with Gasteiger partial charge in [0, 0.05) is 0 Å². The van der Waals surface area contributed by atoms with Gasteiger partial charge in [0.2, 0.25) is 5.89 Å². The Labute approximate surface area is 74.6 Å². The van der Waals surface area contributed by atoms with E-state index in [0.29, 0.717) is 17.3 Å². The highest BCUT2D eigenvalue weighted by molar-refractivity contribution is 5.64. The molecule has 2 aromatic heterocycles. The first-order valence-corrected chi connectivity index (χ1v) is 3.75. The van der Waals surface area contributed by atoms with Crippen LogP contribution in [0.25, 0.3) is 11.6 Å². The van der Waals surface area contributed by atoms with E-state index in [9.17, 15) is 0 Å². The van der Waals surface area contributed by atoms with Crippen molar-refractivity contribution in [2.45, 2.75) is 6.92 Å². The molecule has 2 heterocycles. The number of rotatable bonds is 1. The van der Waals surface area contributed by atoms with Crippen LogP contribution in [-0.2, 0) is 0 Å². The fourth-order valence-corrected chi connectivity index (χ4v) is 0.982. The number of hydrogen-bond donors (Lipinski definition) is 1. The Morgan fingerprint density at radius 1 is 1.46 bits per heavy atom. The molecule has 2 N–H and O–H groups in total. The molecule has 0 fully saturated rings. The number of anilines is 1. The van der Waals surface area contributed by atoms with Crippen molar-refractivity contribution in [1.82, 2.24) is 15.0 Å². The second kappa shape index (κ2) is 2.85. The summed E-state index contributed by atoms with van der Waals surface area (Å²) < 4.78 is 5.15. The molecule has 0 aliphatic rings. The predicted octanol–water partition coefficient (Wildman–Crippen LogP) is 1.02. The molecule has 0 aliphatic carbocycles. The maximum Gasteiger partial charge on any atom is 0.247 e. The third kappa shape index (κ3) is 1.35. The molecule has 0 aromatic carbocycles. The molecule has 13 heavy (non-hydrogen) atoms. The van der Waals surface area contributed by atoms with Crippen molar-refractivity contribution in [3.63, 3.8) is 0 Å². The van der Waals surface area contributed by atoms with E-state index in [2.05, 4.69) is 15.0 Å². The van der Waals surface area contributed by atoms with Crippen molar-refractivity contribution in [2.24, 2.45) is 0 Å². The summed E-state index contributed by atoms with van der Waals surface area (Å²) >= 11 is 0. The maximum absolute atomic E-state index is 5.64. The van der Waals surface area contributed by atoms with E-state index >= 15 is 0 Å². The lowest BCUT2D eigenvalue weighted by molar-refractivity contribution is 0.571. The molecule has 5 heteroatoms. The molecule has 66 valence electrons. The Hall–Kier alpha value is -1.91. The number of hydrogen-bond acceptors (Lipinski definition) is 5. The highest BCUT2D eigenvalue weighted by Gasteiger charge is 2.08. The van der Waals surface area contributed by atoms with E-state index < -0.39 is 0 Å². The SMILES string of the molecule is Cc1coc(-c2ncncc2N)n1. The lowest BCUT2D eigenvalue weighted by Gasteiger charge is -1.96. The minimum atomic E-state index is 0.428. The summed E-state index contributed by atoms with van der Waals surface area (Å²) in [5, 5.41) is 0. The van der Waals surface area contributed by atoms with Gasteiger partial charge >= 0.3 is 0 Å². The average molecular weight is 176 g/mol. The topological polar surface area (TPSA) is 77.8 Å². The zero-order chi connectivity index (χ0) is 9.26. The van der Waals surface area contributed by atoms with Gasteiger partial charge in [0.25, 0.3) is 0 Å². The quantitative estimate of drug-likeness (QED) is 0.701. The molecule has 2 rings (SSSR count). The summed E-state index contributed by atoms with van der Waals surface area (Å²) in [6, 6.07) is 0. The predicted molar refractivity (Wildman–Crippen MR) is 46.7 cm³/mol. The summed E-state index contributed by atoms with van der Waals surface area (Å²) in [6.45, 7) is 1.84. The van der Waals surface area contributed by atoms with Crippen LogP contribution < -0.4 is 5.73 Å². The van der Waals surface area contributed by atoms with Crippen LogP contribution in [0.1, 0.15) is 5.69 Å². The van der Waals surface area contributed by atoms with Gasteiger partial charge in [0.15, 0.2) is 5.69 Å². The van der Waals surface area contributed by atoms with Gasteiger partial charge in [0.05, 0.1) is 17.6 Å². The molecule has 0 saturated carbocycles. The second-order valence-electron chi connectivity index (χ2n) is 2.62. The number of nitrogen functional groups attached to an aromatic ring is 1. The number of aryl methyl sites for hydroxylation is 1. The van der Waals surface area contributed by atoms with Gasteiger partial charge in [-0.1, -0.05) is 0 Å². The zero-order valence-electron chi connectivity index (χ0n) is 7.06. The van der Waals surface area contributed by atoms with Crippen LogP contribution >= 0.6 is 0 Å². The first-order valence-electron chi connectivity index (χ1n) is 3.75. The van der Waals surface area contributed by atoms with Gasteiger partial charge in [-0.2, -0.15) is 0 Å². The van der Waals surface area contributed by atoms with Gasteiger partial charge in [-0.15, -0.1) is 0 Å². The average Bonchev–Trinajstić information content (AvgIpc) is 2.53. The summed E-state index contributed by atoms with van der Waals surface area (Å²) in [7, 11) is 0. The van der Waals surface area contributed by atoms with Crippen molar-refractivity contribution in [3.05, 3.63) is 24.5 Å². The fraction of sp³-hybridized carbons (Fsp3) is 0.125. The largest absolute Gasteiger partial charge is 0.443 e. The standard InChI is InChI=1S/C8H8N4O/c1-5-3-13-8(12-5)7-6(9)2-10-4-11-7/h2-4H,9H2,1H3. The molecule has 2 aromatic rings. The van der Waals surface area contributed by atoms with Crippen LogP contribution in [0.3, 0.4) is 0 Å². The molecule has 5 nitrogen and oxygen atoms in total. The van der Waals surface area contributed by atoms with Crippen molar-refractivity contribution in [2.75, 3.05) is 5.73 Å². The summed E-state index contributed by atoms with van der Waals surface area (Å²) in [6.07, 6.45) is 4.48. The van der Waals surface area contributed by atoms with E-state index in [-0.39, 0.29) is 0 Å². The summed E-state index contributed by atoms with van der Waals surface area (Å²) in [5.41, 5.74) is 7.43.